The van der Waals surface area contributed by atoms with Crippen LogP contribution in [0.15, 0.2) is 48.5 Å². The summed E-state index contributed by atoms with van der Waals surface area (Å²) in [4.78, 5) is 36.3. The Balaban J connectivity index is 1.29. The quantitative estimate of drug-likeness (QED) is 0.428. The van der Waals surface area contributed by atoms with Gasteiger partial charge in [0.2, 0.25) is 5.91 Å². The van der Waals surface area contributed by atoms with Gasteiger partial charge in [0.05, 0.1) is 6.42 Å². The molecule has 0 aromatic heterocycles. The van der Waals surface area contributed by atoms with Crippen molar-refractivity contribution in [3.05, 3.63) is 59.7 Å². The molecule has 7 nitrogen and oxygen atoms in total. The number of fused-ring (bicyclic) bond motifs is 3. The minimum Gasteiger partial charge on any atom is -0.481 e. The lowest BCUT2D eigenvalue weighted by Gasteiger charge is -2.41. The molecule has 2 aromatic rings. The summed E-state index contributed by atoms with van der Waals surface area (Å²) < 4.78 is 5.63. The first-order valence-corrected chi connectivity index (χ1v) is 12.5. The average Bonchev–Trinajstić information content (AvgIpc) is 3.13. The Morgan fingerprint density at radius 1 is 1.06 bits per heavy atom. The van der Waals surface area contributed by atoms with E-state index in [1.807, 2.05) is 31.2 Å². The number of carboxylic acid groups (broad SMARTS) is 1. The van der Waals surface area contributed by atoms with Gasteiger partial charge in [0, 0.05) is 24.9 Å². The molecule has 4 rings (SSSR count). The van der Waals surface area contributed by atoms with Gasteiger partial charge in [-0.05, 0) is 46.9 Å². The Morgan fingerprint density at radius 2 is 1.69 bits per heavy atom. The van der Waals surface area contributed by atoms with Crippen LogP contribution >= 0.6 is 0 Å². The van der Waals surface area contributed by atoms with Gasteiger partial charge in [0.1, 0.15) is 6.61 Å². The molecule has 2 aromatic carbocycles. The maximum atomic E-state index is 12.6. The van der Waals surface area contributed by atoms with E-state index in [1.54, 1.807) is 0 Å². The van der Waals surface area contributed by atoms with Gasteiger partial charge < -0.3 is 20.5 Å². The third-order valence-electron chi connectivity index (χ3n) is 7.32. The number of hydrogen-bond acceptors (Lipinski definition) is 4. The zero-order valence-electron chi connectivity index (χ0n) is 20.2. The maximum absolute atomic E-state index is 12.6. The van der Waals surface area contributed by atoms with E-state index < -0.39 is 12.1 Å². The minimum atomic E-state index is -0.918. The maximum Gasteiger partial charge on any atom is 0.407 e. The second-order valence-electron chi connectivity index (χ2n) is 9.86. The van der Waals surface area contributed by atoms with E-state index in [2.05, 4.69) is 34.9 Å². The van der Waals surface area contributed by atoms with Gasteiger partial charge >= 0.3 is 12.1 Å². The Kier molecular flexibility index (Phi) is 7.73. The molecule has 0 radical (unpaired) electrons. The van der Waals surface area contributed by atoms with Crippen LogP contribution in [0.3, 0.4) is 0 Å². The van der Waals surface area contributed by atoms with E-state index in [0.717, 1.165) is 36.8 Å². The lowest BCUT2D eigenvalue weighted by molar-refractivity contribution is -0.137. The van der Waals surface area contributed by atoms with E-state index in [4.69, 9.17) is 9.84 Å². The number of amides is 2. The third kappa shape index (κ3) is 5.84. The van der Waals surface area contributed by atoms with E-state index in [0.29, 0.717) is 13.0 Å². The van der Waals surface area contributed by atoms with Crippen LogP contribution in [0.2, 0.25) is 0 Å². The van der Waals surface area contributed by atoms with Crippen molar-refractivity contribution in [1.29, 1.82) is 0 Å². The van der Waals surface area contributed by atoms with Crippen LogP contribution in [0.4, 0.5) is 4.79 Å². The summed E-state index contributed by atoms with van der Waals surface area (Å²) in [7, 11) is 0. The molecule has 0 spiro atoms. The molecule has 0 heterocycles. The van der Waals surface area contributed by atoms with Gasteiger partial charge in [-0.15, -0.1) is 0 Å². The highest BCUT2D eigenvalue weighted by molar-refractivity contribution is 5.79. The number of rotatable bonds is 11. The first kappa shape index (κ1) is 24.8. The molecular weight excluding hydrogens is 444 g/mol. The van der Waals surface area contributed by atoms with E-state index in [-0.39, 0.29) is 42.7 Å². The molecule has 35 heavy (non-hydrogen) atoms. The molecule has 1 fully saturated rings. The molecule has 2 aliphatic rings. The molecular formula is C28H34N2O5. The zero-order chi connectivity index (χ0) is 24.8. The highest BCUT2D eigenvalue weighted by Crippen LogP contribution is 2.45. The fourth-order valence-electron chi connectivity index (χ4n) is 5.41. The number of alkyl carbamates (subject to hydrolysis) is 1. The second kappa shape index (κ2) is 10.9. The summed E-state index contributed by atoms with van der Waals surface area (Å²) in [5, 5.41) is 14.8. The third-order valence-corrected chi connectivity index (χ3v) is 7.32. The van der Waals surface area contributed by atoms with Crippen molar-refractivity contribution in [3.8, 4) is 11.1 Å². The van der Waals surface area contributed by atoms with Gasteiger partial charge in [-0.25, -0.2) is 4.79 Å². The van der Waals surface area contributed by atoms with Gasteiger partial charge in [-0.1, -0.05) is 68.3 Å². The van der Waals surface area contributed by atoms with Gasteiger partial charge in [0.15, 0.2) is 0 Å². The number of carbonyl (C=O) groups excluding carboxylic acids is 2. The van der Waals surface area contributed by atoms with Crippen molar-refractivity contribution in [1.82, 2.24) is 10.6 Å². The van der Waals surface area contributed by atoms with Crippen molar-refractivity contribution in [2.75, 3.05) is 13.2 Å². The average molecular weight is 479 g/mol. The summed E-state index contributed by atoms with van der Waals surface area (Å²) in [5.74, 6) is -1.07. The van der Waals surface area contributed by atoms with Crippen molar-refractivity contribution in [3.63, 3.8) is 0 Å². The molecule has 1 atom stereocenters. The second-order valence-corrected chi connectivity index (χ2v) is 9.86. The van der Waals surface area contributed by atoms with Crippen LogP contribution < -0.4 is 10.6 Å². The first-order chi connectivity index (χ1) is 16.9. The number of hydrogen-bond donors (Lipinski definition) is 3. The van der Waals surface area contributed by atoms with Gasteiger partial charge in [-0.3, -0.25) is 9.59 Å². The normalized spacial score (nSPS) is 16.4. The topological polar surface area (TPSA) is 105 Å². The Labute approximate surface area is 206 Å². The molecule has 186 valence electrons. The Hall–Kier alpha value is -3.35. The zero-order valence-corrected chi connectivity index (χ0v) is 20.2. The molecule has 1 saturated carbocycles. The Bertz CT molecular complexity index is 1030. The van der Waals surface area contributed by atoms with Crippen LogP contribution in [-0.4, -0.2) is 42.3 Å². The summed E-state index contributed by atoms with van der Waals surface area (Å²) in [5.41, 5.74) is 4.39. The standard InChI is InChI=1S/C28H34N2O5/c1-2-8-19(15-26(32)33)30-25(31)16-28(13-7-14-28)18-29-27(34)35-17-24-22-11-5-3-9-20(22)21-10-4-6-12-23(21)24/h3-6,9-12,19,24H,2,7-8,13-18H2,1H3,(H,29,34)(H,30,31)(H,32,33)/t19-/m0/s1. The lowest BCUT2D eigenvalue weighted by Crippen LogP contribution is -2.47. The van der Waals surface area contributed by atoms with E-state index in [1.165, 1.54) is 11.1 Å². The number of ether oxygens (including phenoxy) is 1. The van der Waals surface area contributed by atoms with Crippen LogP contribution in [0.25, 0.3) is 11.1 Å². The van der Waals surface area contributed by atoms with Gasteiger partial charge in [0.25, 0.3) is 0 Å². The number of aliphatic carboxylic acids is 1. The number of nitrogens with one attached hydrogen (secondary N) is 2. The lowest BCUT2D eigenvalue weighted by atomic mass is 9.66. The molecule has 0 aliphatic heterocycles. The van der Waals surface area contributed by atoms with E-state index >= 15 is 0 Å². The summed E-state index contributed by atoms with van der Waals surface area (Å²) >= 11 is 0. The smallest absolute Gasteiger partial charge is 0.407 e. The SMILES string of the molecule is CCC[C@@H](CC(=O)O)NC(=O)CC1(CNC(=O)OCC2c3ccccc3-c3ccccc32)CCC1. The molecule has 7 heteroatoms. The van der Waals surface area contributed by atoms with Crippen LogP contribution in [0.5, 0.6) is 0 Å². The molecule has 2 aliphatic carbocycles. The fourth-order valence-corrected chi connectivity index (χ4v) is 5.41. The highest BCUT2D eigenvalue weighted by atomic mass is 16.5. The number of carbonyl (C=O) groups is 3. The predicted molar refractivity (Wildman–Crippen MR) is 133 cm³/mol. The van der Waals surface area contributed by atoms with Crippen molar-refractivity contribution in [2.24, 2.45) is 5.41 Å². The number of benzene rings is 2. The van der Waals surface area contributed by atoms with Crippen molar-refractivity contribution in [2.45, 2.75) is 63.8 Å². The molecule has 2 amide bonds. The number of carboxylic acids is 1. The Morgan fingerprint density at radius 3 is 2.23 bits per heavy atom. The summed E-state index contributed by atoms with van der Waals surface area (Å²) in [6.07, 6.45) is 3.85. The van der Waals surface area contributed by atoms with E-state index in [9.17, 15) is 14.4 Å². The molecule has 0 unspecified atom stereocenters. The molecule has 3 N–H and O–H groups in total. The molecule has 0 saturated heterocycles. The predicted octanol–water partition coefficient (Wildman–Crippen LogP) is 4.85. The van der Waals surface area contributed by atoms with Crippen LogP contribution in [-0.2, 0) is 14.3 Å². The molecule has 0 bridgehead atoms. The summed E-state index contributed by atoms with van der Waals surface area (Å²) in [6, 6.07) is 16.0. The summed E-state index contributed by atoms with van der Waals surface area (Å²) in [6.45, 7) is 2.59. The van der Waals surface area contributed by atoms with Crippen LogP contribution in [0.1, 0.15) is 68.9 Å². The van der Waals surface area contributed by atoms with Crippen molar-refractivity contribution >= 4 is 18.0 Å². The monoisotopic (exact) mass is 478 g/mol. The van der Waals surface area contributed by atoms with Crippen LogP contribution in [0, 0.1) is 5.41 Å². The largest absolute Gasteiger partial charge is 0.481 e. The minimum absolute atomic E-state index is 0.00123. The van der Waals surface area contributed by atoms with Gasteiger partial charge in [-0.2, -0.15) is 0 Å². The first-order valence-electron chi connectivity index (χ1n) is 12.5. The fraction of sp³-hybridized carbons (Fsp3) is 0.464. The van der Waals surface area contributed by atoms with Crippen molar-refractivity contribution < 1.29 is 24.2 Å². The highest BCUT2D eigenvalue weighted by Gasteiger charge is 2.40.